The van der Waals surface area contributed by atoms with Crippen molar-refractivity contribution in [3.8, 4) is 0 Å². The van der Waals surface area contributed by atoms with Crippen molar-refractivity contribution >= 4 is 33.4 Å². The lowest BCUT2D eigenvalue weighted by Crippen LogP contribution is -2.53. The fraction of sp³-hybridized carbons (Fsp3) is 0.556. The Morgan fingerprint density at radius 1 is 1.20 bits per heavy atom. The first-order valence-electron chi connectivity index (χ1n) is 8.62. The number of carbonyl (C=O) groups is 2. The first-order chi connectivity index (χ1) is 11.9. The third-order valence-corrected chi connectivity index (χ3v) is 5.95. The van der Waals surface area contributed by atoms with E-state index in [1.165, 1.54) is 11.3 Å². The standard InChI is InChI=1S/C18H23N3O3S/c1-5-24-17(23)18(8-6-7-9-18)21-15(22)14-10(2)13-11(3)19-12(4)20-16(13)25-14/h5-9H2,1-4H3,(H,21,22). The van der Waals surface area contributed by atoms with Gasteiger partial charge in [-0.05, 0) is 46.1 Å². The number of aryl methyl sites for hydroxylation is 3. The van der Waals surface area contributed by atoms with Crippen molar-refractivity contribution in [2.75, 3.05) is 6.61 Å². The maximum atomic E-state index is 12.9. The molecule has 0 radical (unpaired) electrons. The molecule has 1 aliphatic rings. The van der Waals surface area contributed by atoms with Crippen molar-refractivity contribution in [3.05, 3.63) is 22.0 Å². The summed E-state index contributed by atoms with van der Waals surface area (Å²) in [5, 5.41) is 3.91. The van der Waals surface area contributed by atoms with Crippen LogP contribution in [-0.2, 0) is 9.53 Å². The second kappa shape index (κ2) is 6.71. The monoisotopic (exact) mass is 361 g/mol. The first kappa shape index (κ1) is 17.8. The van der Waals surface area contributed by atoms with Crippen LogP contribution in [0.25, 0.3) is 10.2 Å². The van der Waals surface area contributed by atoms with Gasteiger partial charge in [-0.25, -0.2) is 14.8 Å². The summed E-state index contributed by atoms with van der Waals surface area (Å²) in [7, 11) is 0. The lowest BCUT2D eigenvalue weighted by atomic mass is 9.97. The maximum Gasteiger partial charge on any atom is 0.331 e. The van der Waals surface area contributed by atoms with E-state index < -0.39 is 5.54 Å². The summed E-state index contributed by atoms with van der Waals surface area (Å²) in [6.07, 6.45) is 3.07. The Hall–Kier alpha value is -2.02. The third kappa shape index (κ3) is 3.13. The second-order valence-electron chi connectivity index (χ2n) is 6.56. The van der Waals surface area contributed by atoms with Gasteiger partial charge in [-0.2, -0.15) is 0 Å². The number of rotatable bonds is 4. The van der Waals surface area contributed by atoms with E-state index in [-0.39, 0.29) is 11.9 Å². The van der Waals surface area contributed by atoms with Crippen LogP contribution < -0.4 is 5.32 Å². The molecule has 25 heavy (non-hydrogen) atoms. The highest BCUT2D eigenvalue weighted by atomic mass is 32.1. The number of nitrogens with zero attached hydrogens (tertiary/aromatic N) is 2. The molecule has 134 valence electrons. The van der Waals surface area contributed by atoms with E-state index in [4.69, 9.17) is 4.74 Å². The largest absolute Gasteiger partial charge is 0.464 e. The maximum absolute atomic E-state index is 12.9. The Bertz CT molecular complexity index is 838. The van der Waals surface area contributed by atoms with Gasteiger partial charge in [0.05, 0.1) is 11.5 Å². The van der Waals surface area contributed by atoms with Crippen molar-refractivity contribution < 1.29 is 14.3 Å². The van der Waals surface area contributed by atoms with Gasteiger partial charge in [0.15, 0.2) is 0 Å². The molecule has 6 nitrogen and oxygen atoms in total. The zero-order valence-corrected chi connectivity index (χ0v) is 15.9. The van der Waals surface area contributed by atoms with Crippen LogP contribution >= 0.6 is 11.3 Å². The molecule has 2 heterocycles. The zero-order chi connectivity index (χ0) is 18.2. The van der Waals surface area contributed by atoms with E-state index >= 15 is 0 Å². The minimum Gasteiger partial charge on any atom is -0.464 e. The molecule has 2 aromatic heterocycles. The number of amides is 1. The van der Waals surface area contributed by atoms with Crippen LogP contribution in [0.3, 0.4) is 0 Å². The molecular formula is C18H23N3O3S. The van der Waals surface area contributed by atoms with Crippen LogP contribution in [-0.4, -0.2) is 34.0 Å². The Balaban J connectivity index is 1.95. The van der Waals surface area contributed by atoms with Gasteiger partial charge in [0.25, 0.3) is 5.91 Å². The van der Waals surface area contributed by atoms with Crippen LogP contribution in [0.4, 0.5) is 0 Å². The minimum atomic E-state index is -0.896. The van der Waals surface area contributed by atoms with Gasteiger partial charge in [-0.1, -0.05) is 12.8 Å². The van der Waals surface area contributed by atoms with Crippen molar-refractivity contribution in [2.45, 2.75) is 58.9 Å². The zero-order valence-electron chi connectivity index (χ0n) is 15.1. The highest BCUT2D eigenvalue weighted by Crippen LogP contribution is 2.34. The molecule has 1 fully saturated rings. The molecule has 0 aromatic carbocycles. The number of hydrogen-bond donors (Lipinski definition) is 1. The average molecular weight is 361 g/mol. The summed E-state index contributed by atoms with van der Waals surface area (Å²) in [5.41, 5.74) is 0.843. The lowest BCUT2D eigenvalue weighted by molar-refractivity contribution is -0.150. The van der Waals surface area contributed by atoms with Crippen LogP contribution in [0, 0.1) is 20.8 Å². The number of hydrogen-bond acceptors (Lipinski definition) is 6. The van der Waals surface area contributed by atoms with Gasteiger partial charge in [0, 0.05) is 11.1 Å². The van der Waals surface area contributed by atoms with Gasteiger partial charge < -0.3 is 10.1 Å². The predicted molar refractivity (Wildman–Crippen MR) is 96.9 cm³/mol. The number of aromatic nitrogens is 2. The molecule has 1 saturated carbocycles. The van der Waals surface area contributed by atoms with E-state index in [9.17, 15) is 9.59 Å². The molecule has 0 aliphatic heterocycles. The molecular weight excluding hydrogens is 338 g/mol. The van der Waals surface area contributed by atoms with E-state index in [0.717, 1.165) is 34.3 Å². The van der Waals surface area contributed by atoms with Crippen molar-refractivity contribution in [1.29, 1.82) is 0 Å². The molecule has 0 unspecified atom stereocenters. The van der Waals surface area contributed by atoms with Gasteiger partial charge in [-0.3, -0.25) is 4.79 Å². The molecule has 0 spiro atoms. The van der Waals surface area contributed by atoms with Crippen molar-refractivity contribution in [1.82, 2.24) is 15.3 Å². The SMILES string of the molecule is CCOC(=O)C1(NC(=O)c2sc3nc(C)nc(C)c3c2C)CCCC1. The van der Waals surface area contributed by atoms with E-state index in [2.05, 4.69) is 15.3 Å². The molecule has 3 rings (SSSR count). The molecule has 0 bridgehead atoms. The first-order valence-corrected chi connectivity index (χ1v) is 9.43. The van der Waals surface area contributed by atoms with Crippen molar-refractivity contribution in [2.24, 2.45) is 0 Å². The number of esters is 1. The Labute approximate surface area is 151 Å². The summed E-state index contributed by atoms with van der Waals surface area (Å²) in [6.45, 7) is 7.77. The van der Waals surface area contributed by atoms with Gasteiger partial charge in [0.1, 0.15) is 16.2 Å². The quantitative estimate of drug-likeness (QED) is 0.846. The highest BCUT2D eigenvalue weighted by Gasteiger charge is 2.44. The van der Waals surface area contributed by atoms with E-state index in [0.29, 0.717) is 30.2 Å². The number of ether oxygens (including phenoxy) is 1. The summed E-state index contributed by atoms with van der Waals surface area (Å²) < 4.78 is 5.22. The van der Waals surface area contributed by atoms with Crippen molar-refractivity contribution in [3.63, 3.8) is 0 Å². The van der Waals surface area contributed by atoms with E-state index in [1.807, 2.05) is 20.8 Å². The van der Waals surface area contributed by atoms with Crippen LogP contribution in [0.5, 0.6) is 0 Å². The molecule has 0 saturated heterocycles. The Kier molecular flexibility index (Phi) is 4.77. The number of thiophene rings is 1. The molecule has 1 aliphatic carbocycles. The molecule has 1 amide bonds. The number of carbonyl (C=O) groups excluding carboxylic acids is 2. The highest BCUT2D eigenvalue weighted by molar-refractivity contribution is 7.20. The molecule has 1 N–H and O–H groups in total. The third-order valence-electron chi connectivity index (χ3n) is 4.77. The summed E-state index contributed by atoms with van der Waals surface area (Å²) >= 11 is 1.35. The fourth-order valence-electron chi connectivity index (χ4n) is 3.59. The normalized spacial score (nSPS) is 16.2. The fourth-order valence-corrected chi connectivity index (χ4v) is 4.77. The molecule has 7 heteroatoms. The number of fused-ring (bicyclic) bond motifs is 1. The summed E-state index contributed by atoms with van der Waals surface area (Å²) in [4.78, 5) is 35.6. The van der Waals surface area contributed by atoms with E-state index in [1.54, 1.807) is 6.92 Å². The smallest absolute Gasteiger partial charge is 0.331 e. The average Bonchev–Trinajstić information content (AvgIpc) is 3.13. The van der Waals surface area contributed by atoms with Crippen LogP contribution in [0.1, 0.15) is 59.4 Å². The van der Waals surface area contributed by atoms with Crippen LogP contribution in [0.15, 0.2) is 0 Å². The Morgan fingerprint density at radius 3 is 2.52 bits per heavy atom. The molecule has 0 atom stereocenters. The summed E-state index contributed by atoms with van der Waals surface area (Å²) in [5.74, 6) is 0.135. The van der Waals surface area contributed by atoms with Gasteiger partial charge >= 0.3 is 5.97 Å². The van der Waals surface area contributed by atoms with Crippen LogP contribution in [0.2, 0.25) is 0 Å². The summed E-state index contributed by atoms with van der Waals surface area (Å²) in [6, 6.07) is 0. The Morgan fingerprint density at radius 2 is 1.88 bits per heavy atom. The van der Waals surface area contributed by atoms with Gasteiger partial charge in [-0.15, -0.1) is 11.3 Å². The predicted octanol–water partition coefficient (Wildman–Crippen LogP) is 3.22. The van der Waals surface area contributed by atoms with Gasteiger partial charge in [0.2, 0.25) is 0 Å². The molecule has 2 aromatic rings. The number of nitrogens with one attached hydrogen (secondary N) is 1. The minimum absolute atomic E-state index is 0.229. The lowest BCUT2D eigenvalue weighted by Gasteiger charge is -2.27. The topological polar surface area (TPSA) is 81.2 Å². The second-order valence-corrected chi connectivity index (χ2v) is 7.56.